The lowest BCUT2D eigenvalue weighted by Crippen LogP contribution is -2.32. The van der Waals surface area contributed by atoms with E-state index in [1.807, 2.05) is 6.08 Å². The van der Waals surface area contributed by atoms with Gasteiger partial charge in [0.2, 0.25) is 0 Å². The number of halogens is 3. The third kappa shape index (κ3) is 5.15. The molecule has 0 amide bonds. The lowest BCUT2D eigenvalue weighted by molar-refractivity contribution is -0.156. The van der Waals surface area contributed by atoms with Gasteiger partial charge >= 0.3 is 12.1 Å². The number of ether oxygens (including phenoxy) is 1. The van der Waals surface area contributed by atoms with Crippen molar-refractivity contribution < 1.29 is 27.8 Å². The zero-order valence-corrected chi connectivity index (χ0v) is 17.8. The van der Waals surface area contributed by atoms with Gasteiger partial charge in [0, 0.05) is 6.42 Å². The van der Waals surface area contributed by atoms with Crippen molar-refractivity contribution >= 4 is 11.5 Å². The summed E-state index contributed by atoms with van der Waals surface area (Å²) in [4.78, 5) is 11.6. The Labute approximate surface area is 175 Å². The molecule has 3 nitrogen and oxygen atoms in total. The van der Waals surface area contributed by atoms with Crippen molar-refractivity contribution in [2.24, 2.45) is 10.8 Å². The Hall–Kier alpha value is -2.08. The summed E-state index contributed by atoms with van der Waals surface area (Å²) >= 11 is 0. The van der Waals surface area contributed by atoms with Crippen LogP contribution in [-0.4, -0.2) is 23.3 Å². The van der Waals surface area contributed by atoms with Crippen molar-refractivity contribution in [2.75, 3.05) is 0 Å². The first-order chi connectivity index (χ1) is 13.8. The summed E-state index contributed by atoms with van der Waals surface area (Å²) in [6.07, 6.45) is 0.118. The molecule has 1 aliphatic heterocycles. The lowest BCUT2D eigenvalue weighted by atomic mass is 9.61. The summed E-state index contributed by atoms with van der Waals surface area (Å²) in [6.45, 7) is 8.58. The van der Waals surface area contributed by atoms with Crippen molar-refractivity contribution in [2.45, 2.75) is 71.8 Å². The maximum absolute atomic E-state index is 13.0. The number of carbonyl (C=O) groups excluding carboxylic acids is 1. The van der Waals surface area contributed by atoms with Crippen molar-refractivity contribution in [1.82, 2.24) is 0 Å². The number of aliphatic hydroxyl groups excluding tert-OH is 1. The molecule has 30 heavy (non-hydrogen) atoms. The third-order valence-corrected chi connectivity index (χ3v) is 5.86. The van der Waals surface area contributed by atoms with Crippen LogP contribution < -0.4 is 0 Å². The van der Waals surface area contributed by atoms with E-state index < -0.39 is 29.9 Å². The summed E-state index contributed by atoms with van der Waals surface area (Å²) in [6, 6.07) is 5.32. The summed E-state index contributed by atoms with van der Waals surface area (Å²) in [7, 11) is 0. The van der Waals surface area contributed by atoms with Crippen molar-refractivity contribution in [1.29, 1.82) is 0 Å². The van der Waals surface area contributed by atoms with Crippen LogP contribution in [0.5, 0.6) is 0 Å². The second-order valence-corrected chi connectivity index (χ2v) is 9.85. The van der Waals surface area contributed by atoms with Gasteiger partial charge in [-0.15, -0.1) is 0 Å². The van der Waals surface area contributed by atoms with Gasteiger partial charge in [-0.3, -0.25) is 4.79 Å². The Morgan fingerprint density at radius 3 is 2.33 bits per heavy atom. The molecule has 0 spiro atoms. The third-order valence-electron chi connectivity index (χ3n) is 5.86. The average Bonchev–Trinajstić information content (AvgIpc) is 2.57. The fraction of sp³-hybridized carbons (Fsp3) is 0.542. The number of allylic oxidation sites excluding steroid dienone is 3. The van der Waals surface area contributed by atoms with Gasteiger partial charge in [-0.25, -0.2) is 0 Å². The summed E-state index contributed by atoms with van der Waals surface area (Å²) in [5, 5.41) is 9.84. The summed E-state index contributed by atoms with van der Waals surface area (Å²) in [5.41, 5.74) is 1.91. The molecule has 164 valence electrons. The van der Waals surface area contributed by atoms with Crippen LogP contribution in [0, 0.1) is 10.8 Å². The van der Waals surface area contributed by atoms with Gasteiger partial charge in [0.25, 0.3) is 0 Å². The molecule has 1 saturated heterocycles. The maximum atomic E-state index is 13.0. The first kappa shape index (κ1) is 22.6. The second kappa shape index (κ2) is 7.88. The molecule has 1 N–H and O–H groups in total. The van der Waals surface area contributed by atoms with E-state index in [9.17, 15) is 23.1 Å². The van der Waals surface area contributed by atoms with Gasteiger partial charge in [-0.2, -0.15) is 13.2 Å². The minimum Gasteiger partial charge on any atom is -0.458 e. The molecule has 1 heterocycles. The largest absolute Gasteiger partial charge is 0.458 e. The molecule has 1 aromatic rings. The van der Waals surface area contributed by atoms with Crippen molar-refractivity contribution in [3.8, 4) is 0 Å². The van der Waals surface area contributed by atoms with Crippen LogP contribution in [0.1, 0.15) is 64.5 Å². The van der Waals surface area contributed by atoms with Crippen LogP contribution in [0.4, 0.5) is 13.2 Å². The topological polar surface area (TPSA) is 46.5 Å². The zero-order valence-electron chi connectivity index (χ0n) is 17.8. The minimum absolute atomic E-state index is 0.00350. The SMILES string of the molecule is CC1(C)CC(c2ccc(C(F)(F)F)cc2)=C(/C=C/[C@H]2C[C@H](O)CC(=O)O2)C(C)(C)C1. The summed E-state index contributed by atoms with van der Waals surface area (Å²) in [5.74, 6) is -0.426. The number of carbonyl (C=O) groups is 1. The fourth-order valence-electron chi connectivity index (χ4n) is 4.91. The zero-order chi connectivity index (χ0) is 22.3. The highest BCUT2D eigenvalue weighted by Crippen LogP contribution is 2.52. The normalized spacial score (nSPS) is 26.7. The molecule has 0 unspecified atom stereocenters. The lowest BCUT2D eigenvalue weighted by Gasteiger charge is -2.43. The molecule has 1 aliphatic carbocycles. The minimum atomic E-state index is -4.37. The quantitative estimate of drug-likeness (QED) is 0.615. The Morgan fingerprint density at radius 2 is 1.77 bits per heavy atom. The molecule has 2 aliphatic rings. The first-order valence-electron chi connectivity index (χ1n) is 10.2. The fourth-order valence-corrected chi connectivity index (χ4v) is 4.91. The molecular weight excluding hydrogens is 393 g/mol. The number of esters is 1. The van der Waals surface area contributed by atoms with Crippen LogP contribution in [0.25, 0.3) is 5.57 Å². The predicted molar refractivity (Wildman–Crippen MR) is 109 cm³/mol. The van der Waals surface area contributed by atoms with E-state index in [4.69, 9.17) is 4.74 Å². The molecule has 0 aromatic heterocycles. The van der Waals surface area contributed by atoms with Crippen molar-refractivity contribution in [3.05, 3.63) is 53.1 Å². The number of hydrogen-bond acceptors (Lipinski definition) is 3. The number of rotatable bonds is 3. The van der Waals surface area contributed by atoms with Gasteiger partial charge in [-0.05, 0) is 58.6 Å². The van der Waals surface area contributed by atoms with Gasteiger partial charge < -0.3 is 9.84 Å². The van der Waals surface area contributed by atoms with E-state index in [1.165, 1.54) is 12.1 Å². The number of hydrogen-bond donors (Lipinski definition) is 1. The van der Waals surface area contributed by atoms with E-state index >= 15 is 0 Å². The van der Waals surface area contributed by atoms with E-state index in [2.05, 4.69) is 27.7 Å². The van der Waals surface area contributed by atoms with Gasteiger partial charge in [0.1, 0.15) is 6.10 Å². The standard InChI is InChI=1S/C24H29F3O3/c1-22(2)13-19(15-5-7-16(8-6-15)24(25,26)27)20(23(3,4)14-22)10-9-18-11-17(28)12-21(29)30-18/h5-10,17-18,28H,11-14H2,1-4H3/b10-9+/t17-,18-/m0/s1. The molecule has 0 radical (unpaired) electrons. The van der Waals surface area contributed by atoms with E-state index in [0.717, 1.165) is 41.7 Å². The van der Waals surface area contributed by atoms with Crippen LogP contribution in [-0.2, 0) is 15.7 Å². The van der Waals surface area contributed by atoms with Crippen LogP contribution in [0.2, 0.25) is 0 Å². The Balaban J connectivity index is 2.02. The maximum Gasteiger partial charge on any atom is 0.416 e. The molecule has 0 bridgehead atoms. The highest BCUT2D eigenvalue weighted by Gasteiger charge is 2.39. The molecule has 0 saturated carbocycles. The molecule has 6 heteroatoms. The number of benzene rings is 1. The average molecular weight is 422 g/mol. The Bertz CT molecular complexity index is 861. The first-order valence-corrected chi connectivity index (χ1v) is 10.2. The van der Waals surface area contributed by atoms with E-state index in [0.29, 0.717) is 6.42 Å². The van der Waals surface area contributed by atoms with Crippen LogP contribution in [0.15, 0.2) is 42.0 Å². The molecule has 1 aromatic carbocycles. The molecular formula is C24H29F3O3. The van der Waals surface area contributed by atoms with E-state index in [-0.39, 0.29) is 17.3 Å². The van der Waals surface area contributed by atoms with E-state index in [1.54, 1.807) is 6.08 Å². The Kier molecular flexibility index (Phi) is 5.93. The van der Waals surface area contributed by atoms with Gasteiger partial charge in [-0.1, -0.05) is 45.9 Å². The molecule has 2 atom stereocenters. The molecule has 3 rings (SSSR count). The molecule has 1 fully saturated rings. The van der Waals surface area contributed by atoms with Crippen LogP contribution in [0.3, 0.4) is 0 Å². The smallest absolute Gasteiger partial charge is 0.416 e. The predicted octanol–water partition coefficient (Wildman–Crippen LogP) is 5.93. The van der Waals surface area contributed by atoms with Gasteiger partial charge in [0.15, 0.2) is 0 Å². The van der Waals surface area contributed by atoms with Gasteiger partial charge in [0.05, 0.1) is 18.1 Å². The Morgan fingerprint density at radius 1 is 1.13 bits per heavy atom. The summed E-state index contributed by atoms with van der Waals surface area (Å²) < 4.78 is 44.3. The van der Waals surface area contributed by atoms with Crippen molar-refractivity contribution in [3.63, 3.8) is 0 Å². The monoisotopic (exact) mass is 422 g/mol. The highest BCUT2D eigenvalue weighted by molar-refractivity contribution is 5.74. The second-order valence-electron chi connectivity index (χ2n) is 9.85. The number of cyclic esters (lactones) is 1. The number of alkyl halides is 3. The van der Waals surface area contributed by atoms with Crippen LogP contribution >= 0.6 is 0 Å². The number of aliphatic hydroxyl groups is 1. The highest BCUT2D eigenvalue weighted by atomic mass is 19.4.